The Morgan fingerprint density at radius 2 is 1.57 bits per heavy atom. The Hall–Kier alpha value is -1.63. The van der Waals surface area contributed by atoms with Crippen LogP contribution in [0.15, 0.2) is 0 Å². The van der Waals surface area contributed by atoms with Crippen molar-refractivity contribution in [1.29, 1.82) is 0 Å². The number of rotatable bonds is 4. The van der Waals surface area contributed by atoms with E-state index in [9.17, 15) is 14.4 Å². The van der Waals surface area contributed by atoms with E-state index >= 15 is 0 Å². The highest BCUT2D eigenvalue weighted by atomic mass is 16.2. The van der Waals surface area contributed by atoms with Gasteiger partial charge in [0.2, 0.25) is 11.8 Å². The summed E-state index contributed by atoms with van der Waals surface area (Å²) in [6, 6.07) is -2.30. The molecule has 0 rings (SSSR count). The number of hydrogen-bond donors (Lipinski definition) is 4. The van der Waals surface area contributed by atoms with E-state index < -0.39 is 29.9 Å². The molecule has 6 N–H and O–H groups in total. The number of urea groups is 1. The molecule has 0 aliphatic rings. The Morgan fingerprint density at radius 3 is 1.93 bits per heavy atom. The van der Waals surface area contributed by atoms with Crippen LogP contribution in [0.1, 0.15) is 13.8 Å². The van der Waals surface area contributed by atoms with E-state index in [-0.39, 0.29) is 0 Å². The molecule has 0 aromatic heterocycles. The predicted molar refractivity (Wildman–Crippen MR) is 49.0 cm³/mol. The lowest BCUT2D eigenvalue weighted by Crippen LogP contribution is -2.51. The van der Waals surface area contributed by atoms with Gasteiger partial charge in [0.15, 0.2) is 0 Å². The Morgan fingerprint density at radius 1 is 1.07 bits per heavy atom. The average Bonchev–Trinajstić information content (AvgIpc) is 2.02. The van der Waals surface area contributed by atoms with Crippen LogP contribution in [0.25, 0.3) is 0 Å². The summed E-state index contributed by atoms with van der Waals surface area (Å²) in [5.74, 6) is -1.19. The molecular weight excluding hydrogens is 188 g/mol. The molecule has 14 heavy (non-hydrogen) atoms. The first-order valence-electron chi connectivity index (χ1n) is 4.00. The molecule has 80 valence electrons. The summed E-state index contributed by atoms with van der Waals surface area (Å²) < 4.78 is 0. The first kappa shape index (κ1) is 12.4. The predicted octanol–water partition coefficient (Wildman–Crippen LogP) is -1.97. The quantitative estimate of drug-likeness (QED) is 0.421. The molecule has 0 aliphatic carbocycles. The van der Waals surface area contributed by atoms with Crippen LogP contribution in [0.2, 0.25) is 0 Å². The van der Waals surface area contributed by atoms with Gasteiger partial charge in [-0.3, -0.25) is 20.2 Å². The van der Waals surface area contributed by atoms with Gasteiger partial charge >= 0.3 is 6.03 Å². The van der Waals surface area contributed by atoms with Gasteiger partial charge in [0.05, 0.1) is 12.1 Å². The molecule has 0 radical (unpaired) electrons. The lowest BCUT2D eigenvalue weighted by atomic mass is 10.2. The van der Waals surface area contributed by atoms with Gasteiger partial charge in [0.1, 0.15) is 0 Å². The van der Waals surface area contributed by atoms with Gasteiger partial charge in [0, 0.05) is 0 Å². The van der Waals surface area contributed by atoms with Gasteiger partial charge in [-0.25, -0.2) is 4.79 Å². The minimum atomic E-state index is -0.935. The molecule has 0 aromatic rings. The normalized spacial score (nSPS) is 14.1. The summed E-state index contributed by atoms with van der Waals surface area (Å²) in [7, 11) is 0. The van der Waals surface area contributed by atoms with Crippen molar-refractivity contribution in [2.24, 2.45) is 11.5 Å². The van der Waals surface area contributed by atoms with Crippen molar-refractivity contribution in [2.45, 2.75) is 25.9 Å². The highest BCUT2D eigenvalue weighted by Gasteiger charge is 2.18. The Kier molecular flexibility index (Phi) is 4.57. The number of primary amides is 2. The molecule has 0 fully saturated rings. The van der Waals surface area contributed by atoms with Crippen molar-refractivity contribution in [1.82, 2.24) is 10.6 Å². The molecule has 0 saturated heterocycles. The van der Waals surface area contributed by atoms with Crippen LogP contribution in [0.4, 0.5) is 4.79 Å². The van der Waals surface area contributed by atoms with Crippen molar-refractivity contribution in [3.05, 3.63) is 0 Å². The summed E-state index contributed by atoms with van der Waals surface area (Å²) in [6.45, 7) is 2.99. The topological polar surface area (TPSA) is 127 Å². The largest absolute Gasteiger partial charge is 0.368 e. The molecule has 0 aromatic carbocycles. The van der Waals surface area contributed by atoms with E-state index in [0.717, 1.165) is 0 Å². The second-order valence-electron chi connectivity index (χ2n) is 2.87. The maximum atomic E-state index is 11.1. The fourth-order valence-electron chi connectivity index (χ4n) is 0.762. The number of hydrogen-bond acceptors (Lipinski definition) is 4. The number of nitrogens with two attached hydrogens (primary N) is 2. The zero-order valence-electron chi connectivity index (χ0n) is 8.03. The van der Waals surface area contributed by atoms with Gasteiger partial charge in [-0.1, -0.05) is 0 Å². The van der Waals surface area contributed by atoms with E-state index in [2.05, 4.69) is 5.32 Å². The third-order valence-electron chi connectivity index (χ3n) is 1.57. The first-order chi connectivity index (χ1) is 6.34. The SMILES string of the molecule is CC(NC(C)C(=O)NC(N)=O)C(N)=O. The molecule has 2 atom stereocenters. The molecule has 7 nitrogen and oxygen atoms in total. The molecule has 4 amide bonds. The van der Waals surface area contributed by atoms with E-state index in [1.165, 1.54) is 13.8 Å². The highest BCUT2D eigenvalue weighted by molar-refractivity contribution is 5.96. The molecule has 7 heteroatoms. The standard InChI is InChI=1S/C7H14N4O3/c1-3(5(8)12)10-4(2)6(13)11-7(9)14/h3-4,10H,1-2H3,(H2,8,12)(H3,9,11,13,14). The van der Waals surface area contributed by atoms with Crippen molar-refractivity contribution >= 4 is 17.8 Å². The molecule has 0 heterocycles. The van der Waals surface area contributed by atoms with E-state index in [1.807, 2.05) is 5.32 Å². The van der Waals surface area contributed by atoms with E-state index in [1.54, 1.807) is 0 Å². The maximum Gasteiger partial charge on any atom is 0.318 e. The molecule has 0 aliphatic heterocycles. The number of imide groups is 1. The van der Waals surface area contributed by atoms with Gasteiger partial charge in [-0.2, -0.15) is 0 Å². The van der Waals surface area contributed by atoms with Crippen molar-refractivity contribution in [3.63, 3.8) is 0 Å². The first-order valence-corrected chi connectivity index (χ1v) is 4.00. The molecular formula is C7H14N4O3. The lowest BCUT2D eigenvalue weighted by Gasteiger charge is -2.15. The van der Waals surface area contributed by atoms with Gasteiger partial charge in [-0.15, -0.1) is 0 Å². The highest BCUT2D eigenvalue weighted by Crippen LogP contribution is 1.86. The summed E-state index contributed by atoms with van der Waals surface area (Å²) in [4.78, 5) is 32.0. The van der Waals surface area contributed by atoms with Crippen LogP contribution in [0, 0.1) is 0 Å². The Balaban J connectivity index is 4.07. The van der Waals surface area contributed by atoms with Crippen molar-refractivity contribution < 1.29 is 14.4 Å². The Bertz CT molecular complexity index is 253. The lowest BCUT2D eigenvalue weighted by molar-refractivity contribution is -0.123. The molecule has 0 spiro atoms. The smallest absolute Gasteiger partial charge is 0.318 e. The van der Waals surface area contributed by atoms with Crippen LogP contribution in [0.3, 0.4) is 0 Å². The second kappa shape index (κ2) is 5.18. The van der Waals surface area contributed by atoms with Crippen molar-refractivity contribution in [2.75, 3.05) is 0 Å². The van der Waals surface area contributed by atoms with E-state index in [0.29, 0.717) is 0 Å². The zero-order valence-corrected chi connectivity index (χ0v) is 8.03. The fraction of sp³-hybridized carbons (Fsp3) is 0.571. The number of amides is 4. The van der Waals surface area contributed by atoms with Gasteiger partial charge in [-0.05, 0) is 13.8 Å². The number of carbonyl (C=O) groups excluding carboxylic acids is 3. The Labute approximate surface area is 81.2 Å². The summed E-state index contributed by atoms with van der Waals surface area (Å²) in [5, 5.41) is 4.46. The fourth-order valence-corrected chi connectivity index (χ4v) is 0.762. The second-order valence-corrected chi connectivity index (χ2v) is 2.87. The summed E-state index contributed by atoms with van der Waals surface area (Å²) in [6.07, 6.45) is 0. The van der Waals surface area contributed by atoms with Crippen LogP contribution < -0.4 is 22.1 Å². The minimum absolute atomic E-state index is 0.580. The van der Waals surface area contributed by atoms with Crippen molar-refractivity contribution in [3.8, 4) is 0 Å². The molecule has 0 saturated carbocycles. The molecule has 2 unspecified atom stereocenters. The maximum absolute atomic E-state index is 11.1. The van der Waals surface area contributed by atoms with Crippen LogP contribution in [-0.2, 0) is 9.59 Å². The van der Waals surface area contributed by atoms with Gasteiger partial charge < -0.3 is 11.5 Å². The zero-order chi connectivity index (χ0) is 11.3. The minimum Gasteiger partial charge on any atom is -0.368 e. The van der Waals surface area contributed by atoms with Crippen LogP contribution in [0.5, 0.6) is 0 Å². The van der Waals surface area contributed by atoms with E-state index in [4.69, 9.17) is 11.5 Å². The van der Waals surface area contributed by atoms with Crippen LogP contribution >= 0.6 is 0 Å². The average molecular weight is 202 g/mol. The summed E-state index contributed by atoms with van der Waals surface area (Å²) >= 11 is 0. The summed E-state index contributed by atoms with van der Waals surface area (Å²) in [5.41, 5.74) is 9.69. The number of carbonyl (C=O) groups is 3. The van der Waals surface area contributed by atoms with Crippen LogP contribution in [-0.4, -0.2) is 29.9 Å². The van der Waals surface area contributed by atoms with Gasteiger partial charge in [0.25, 0.3) is 0 Å². The monoisotopic (exact) mass is 202 g/mol. The third-order valence-corrected chi connectivity index (χ3v) is 1.57. The number of nitrogens with one attached hydrogen (secondary N) is 2. The molecule has 0 bridgehead atoms. The third kappa shape index (κ3) is 4.41.